The summed E-state index contributed by atoms with van der Waals surface area (Å²) < 4.78 is 5.92. The van der Waals surface area contributed by atoms with Gasteiger partial charge in [-0.1, -0.05) is 0 Å². The lowest BCUT2D eigenvalue weighted by Gasteiger charge is -2.23. The molecule has 0 saturated heterocycles. The Kier molecular flexibility index (Phi) is 3.38. The van der Waals surface area contributed by atoms with Gasteiger partial charge in [-0.05, 0) is 31.2 Å². The summed E-state index contributed by atoms with van der Waals surface area (Å²) in [6, 6.07) is 9.43. The predicted octanol–water partition coefficient (Wildman–Crippen LogP) is 1.29. The molecule has 7 nitrogen and oxygen atoms in total. The number of amides is 2. The second-order valence-electron chi connectivity index (χ2n) is 4.83. The molecule has 1 aromatic heterocycles. The number of fused-ring (bicyclic) bond motifs is 1. The van der Waals surface area contributed by atoms with Gasteiger partial charge >= 0.3 is 5.91 Å². The van der Waals surface area contributed by atoms with Gasteiger partial charge in [-0.25, -0.2) is 0 Å². The molecule has 0 spiro atoms. The first-order valence-corrected chi connectivity index (χ1v) is 6.66. The Morgan fingerprint density at radius 2 is 2.18 bits per heavy atom. The molecule has 2 N–H and O–H groups in total. The molecule has 22 heavy (non-hydrogen) atoms. The standard InChI is InChI=1S/C15H13N3O4/c1-9-14(19)17-11-8-10(5-6-13(11)22-9)16-15(20)12-4-2-3-7-18(12)21/h2-9H,1H3,(H,16,20)(H,17,19)/t9-/m0/s1. The number of aromatic nitrogens is 1. The Labute approximate surface area is 126 Å². The fraction of sp³-hybridized carbons (Fsp3) is 0.133. The quantitative estimate of drug-likeness (QED) is 0.645. The highest BCUT2D eigenvalue weighted by Crippen LogP contribution is 2.32. The molecule has 0 fully saturated rings. The maximum Gasteiger partial charge on any atom is 0.321 e. The molecule has 1 aromatic carbocycles. The highest BCUT2D eigenvalue weighted by atomic mass is 16.5. The molecule has 7 heteroatoms. The van der Waals surface area contributed by atoms with E-state index >= 15 is 0 Å². The van der Waals surface area contributed by atoms with E-state index in [0.717, 1.165) is 0 Å². The number of nitrogens with one attached hydrogen (secondary N) is 2. The van der Waals surface area contributed by atoms with Crippen LogP contribution in [0.2, 0.25) is 0 Å². The second-order valence-corrected chi connectivity index (χ2v) is 4.83. The van der Waals surface area contributed by atoms with Crippen molar-refractivity contribution in [3.8, 4) is 5.75 Å². The molecular weight excluding hydrogens is 286 g/mol. The van der Waals surface area contributed by atoms with E-state index in [9.17, 15) is 14.8 Å². The van der Waals surface area contributed by atoms with Crippen molar-refractivity contribution >= 4 is 23.2 Å². The highest BCUT2D eigenvalue weighted by molar-refractivity contribution is 6.03. The third kappa shape index (κ3) is 2.56. The van der Waals surface area contributed by atoms with Gasteiger partial charge in [0.25, 0.3) is 11.6 Å². The molecule has 0 saturated carbocycles. The van der Waals surface area contributed by atoms with Crippen LogP contribution in [0.1, 0.15) is 17.4 Å². The largest absolute Gasteiger partial charge is 0.618 e. The molecule has 0 aliphatic carbocycles. The molecule has 3 rings (SSSR count). The van der Waals surface area contributed by atoms with Gasteiger partial charge in [-0.15, -0.1) is 0 Å². The van der Waals surface area contributed by atoms with Crippen molar-refractivity contribution in [2.24, 2.45) is 0 Å². The van der Waals surface area contributed by atoms with E-state index in [1.807, 2.05) is 0 Å². The first-order chi connectivity index (χ1) is 10.5. The molecule has 0 bridgehead atoms. The molecule has 1 atom stereocenters. The summed E-state index contributed by atoms with van der Waals surface area (Å²) in [5.74, 6) is -0.257. The van der Waals surface area contributed by atoms with Crippen LogP contribution in [0.3, 0.4) is 0 Å². The van der Waals surface area contributed by atoms with Crippen LogP contribution in [0.4, 0.5) is 11.4 Å². The van der Waals surface area contributed by atoms with Gasteiger partial charge in [0.15, 0.2) is 12.3 Å². The highest BCUT2D eigenvalue weighted by Gasteiger charge is 2.24. The molecule has 112 valence electrons. The van der Waals surface area contributed by atoms with Gasteiger partial charge in [0.2, 0.25) is 0 Å². The lowest BCUT2D eigenvalue weighted by Crippen LogP contribution is -2.36. The number of carbonyl (C=O) groups is 2. The number of pyridine rings is 1. The molecular formula is C15H13N3O4. The van der Waals surface area contributed by atoms with E-state index in [1.165, 1.54) is 18.3 Å². The number of anilines is 2. The molecule has 2 heterocycles. The summed E-state index contributed by atoms with van der Waals surface area (Å²) in [4.78, 5) is 23.7. The minimum atomic E-state index is -0.559. The number of nitrogens with zero attached hydrogens (tertiary/aromatic N) is 1. The van der Waals surface area contributed by atoms with Crippen molar-refractivity contribution in [3.05, 3.63) is 53.5 Å². The fourth-order valence-corrected chi connectivity index (χ4v) is 2.09. The lowest BCUT2D eigenvalue weighted by atomic mass is 10.2. The second kappa shape index (κ2) is 5.36. The van der Waals surface area contributed by atoms with Crippen LogP contribution in [-0.4, -0.2) is 17.9 Å². The van der Waals surface area contributed by atoms with Crippen molar-refractivity contribution in [2.75, 3.05) is 10.6 Å². The van der Waals surface area contributed by atoms with Crippen molar-refractivity contribution in [1.82, 2.24) is 0 Å². The van der Waals surface area contributed by atoms with Gasteiger partial charge in [0, 0.05) is 17.8 Å². The Bertz CT molecular complexity index is 760. The monoisotopic (exact) mass is 299 g/mol. The predicted molar refractivity (Wildman–Crippen MR) is 78.5 cm³/mol. The van der Waals surface area contributed by atoms with Crippen LogP contribution in [0.25, 0.3) is 0 Å². The van der Waals surface area contributed by atoms with Crippen LogP contribution in [0.15, 0.2) is 42.6 Å². The van der Waals surface area contributed by atoms with E-state index in [-0.39, 0.29) is 11.6 Å². The lowest BCUT2D eigenvalue weighted by molar-refractivity contribution is -0.607. The summed E-state index contributed by atoms with van der Waals surface area (Å²) in [7, 11) is 0. The molecule has 0 unspecified atom stereocenters. The van der Waals surface area contributed by atoms with Crippen molar-refractivity contribution in [3.63, 3.8) is 0 Å². The van der Waals surface area contributed by atoms with Crippen molar-refractivity contribution in [1.29, 1.82) is 0 Å². The van der Waals surface area contributed by atoms with E-state index < -0.39 is 12.0 Å². The minimum absolute atomic E-state index is 0.0193. The number of hydrogen-bond acceptors (Lipinski definition) is 4. The SMILES string of the molecule is C[C@@H]1Oc2ccc(NC(=O)c3cccc[n+]3[O-])cc2NC1=O. The smallest absolute Gasteiger partial charge is 0.321 e. The van der Waals surface area contributed by atoms with Gasteiger partial charge in [0.1, 0.15) is 5.75 Å². The number of benzene rings is 1. The van der Waals surface area contributed by atoms with Gasteiger partial charge in [-0.3, -0.25) is 9.59 Å². The summed E-state index contributed by atoms with van der Waals surface area (Å²) in [5.41, 5.74) is 0.907. The average Bonchev–Trinajstić information content (AvgIpc) is 2.49. The van der Waals surface area contributed by atoms with Crippen molar-refractivity contribution in [2.45, 2.75) is 13.0 Å². The molecule has 2 amide bonds. The summed E-state index contributed by atoms with van der Waals surface area (Å²) in [6.07, 6.45) is 0.689. The van der Waals surface area contributed by atoms with Gasteiger partial charge in [-0.2, -0.15) is 4.73 Å². The molecule has 0 radical (unpaired) electrons. The fourth-order valence-electron chi connectivity index (χ4n) is 2.09. The summed E-state index contributed by atoms with van der Waals surface area (Å²) in [6.45, 7) is 1.65. The van der Waals surface area contributed by atoms with Crippen LogP contribution < -0.4 is 20.1 Å². The van der Waals surface area contributed by atoms with E-state index in [2.05, 4.69) is 10.6 Å². The van der Waals surface area contributed by atoms with Crippen LogP contribution in [-0.2, 0) is 4.79 Å². The van der Waals surface area contributed by atoms with E-state index in [4.69, 9.17) is 4.74 Å². The molecule has 1 aliphatic heterocycles. The maximum atomic E-state index is 12.1. The van der Waals surface area contributed by atoms with Crippen LogP contribution >= 0.6 is 0 Å². The Morgan fingerprint density at radius 3 is 2.95 bits per heavy atom. The number of rotatable bonds is 2. The normalized spacial score (nSPS) is 16.2. The summed E-state index contributed by atoms with van der Waals surface area (Å²) >= 11 is 0. The molecule has 2 aromatic rings. The first-order valence-electron chi connectivity index (χ1n) is 6.66. The topological polar surface area (TPSA) is 94.4 Å². The van der Waals surface area contributed by atoms with Crippen LogP contribution in [0.5, 0.6) is 5.75 Å². The molecule has 1 aliphatic rings. The zero-order chi connectivity index (χ0) is 15.7. The number of ether oxygens (including phenoxy) is 1. The zero-order valence-electron chi connectivity index (χ0n) is 11.7. The Balaban J connectivity index is 1.82. The van der Waals surface area contributed by atoms with Crippen molar-refractivity contribution < 1.29 is 19.1 Å². The van der Waals surface area contributed by atoms with E-state index in [0.29, 0.717) is 21.9 Å². The van der Waals surface area contributed by atoms with Crippen LogP contribution in [0, 0.1) is 5.21 Å². The average molecular weight is 299 g/mol. The van der Waals surface area contributed by atoms with Gasteiger partial charge in [0.05, 0.1) is 5.69 Å². The first kappa shape index (κ1) is 13.9. The van der Waals surface area contributed by atoms with E-state index in [1.54, 1.807) is 31.2 Å². The third-order valence-corrected chi connectivity index (χ3v) is 3.23. The maximum absolute atomic E-state index is 12.1. The third-order valence-electron chi connectivity index (χ3n) is 3.23. The minimum Gasteiger partial charge on any atom is -0.618 e. The number of carbonyl (C=O) groups excluding carboxylic acids is 2. The van der Waals surface area contributed by atoms with Gasteiger partial charge < -0.3 is 20.6 Å². The Hall–Kier alpha value is -3.09. The Morgan fingerprint density at radius 1 is 1.36 bits per heavy atom. The summed E-state index contributed by atoms with van der Waals surface area (Å²) in [5, 5.41) is 16.8. The number of hydrogen-bond donors (Lipinski definition) is 2. The zero-order valence-corrected chi connectivity index (χ0v) is 11.7.